The zero-order chi connectivity index (χ0) is 11.7. The summed E-state index contributed by atoms with van der Waals surface area (Å²) in [4.78, 5) is 11.4. The van der Waals surface area contributed by atoms with Gasteiger partial charge in [-0.25, -0.2) is 9.97 Å². The van der Waals surface area contributed by atoms with E-state index in [0.29, 0.717) is 6.54 Å². The number of H-pyrrole nitrogens is 1. The average Bonchev–Trinajstić information content (AvgIpc) is 2.81. The Labute approximate surface area is 98.5 Å². The van der Waals surface area contributed by atoms with E-state index in [2.05, 4.69) is 25.6 Å². The molecule has 0 aromatic carbocycles. The van der Waals surface area contributed by atoms with Crippen LogP contribution in [-0.4, -0.2) is 45.3 Å². The summed E-state index contributed by atoms with van der Waals surface area (Å²) in [7, 11) is 0. The molecule has 1 saturated heterocycles. The molecule has 6 nitrogen and oxygen atoms in total. The van der Waals surface area contributed by atoms with Crippen LogP contribution in [0.5, 0.6) is 0 Å². The van der Waals surface area contributed by atoms with Crippen LogP contribution in [0.4, 0.5) is 5.82 Å². The number of fused-ring (bicyclic) bond motifs is 1. The number of anilines is 1. The van der Waals surface area contributed by atoms with Crippen LogP contribution in [0.15, 0.2) is 18.6 Å². The quantitative estimate of drug-likeness (QED) is 0.591. The minimum absolute atomic E-state index is 0.0456. The maximum Gasteiger partial charge on any atom is 0.142 e. The lowest BCUT2D eigenvalue weighted by Crippen LogP contribution is -2.47. The Hall–Kier alpha value is -1.66. The molecule has 17 heavy (non-hydrogen) atoms. The molecular weight excluding hydrogens is 218 g/mol. The molecule has 4 N–H and O–H groups in total. The van der Waals surface area contributed by atoms with Gasteiger partial charge >= 0.3 is 0 Å². The summed E-state index contributed by atoms with van der Waals surface area (Å²) in [6.07, 6.45) is 3.86. The highest BCUT2D eigenvalue weighted by Gasteiger charge is 2.23. The molecule has 6 heteroatoms. The normalized spacial score (nSPS) is 25.0. The molecule has 3 heterocycles. The molecule has 0 amide bonds. The van der Waals surface area contributed by atoms with Crippen molar-refractivity contribution in [1.29, 1.82) is 0 Å². The van der Waals surface area contributed by atoms with Crippen molar-refractivity contribution in [3.05, 3.63) is 18.6 Å². The first-order chi connectivity index (χ1) is 8.34. The van der Waals surface area contributed by atoms with Gasteiger partial charge in [-0.1, -0.05) is 0 Å². The van der Waals surface area contributed by atoms with Gasteiger partial charge in [-0.2, -0.15) is 0 Å². The lowest BCUT2D eigenvalue weighted by Gasteiger charge is -2.29. The molecular formula is C11H15N5O. The molecule has 2 aromatic heterocycles. The van der Waals surface area contributed by atoms with Gasteiger partial charge in [0.25, 0.3) is 0 Å². The zero-order valence-electron chi connectivity index (χ0n) is 9.35. The maximum absolute atomic E-state index is 9.88. The fourth-order valence-electron chi connectivity index (χ4n) is 2.17. The van der Waals surface area contributed by atoms with Gasteiger partial charge in [-0.3, -0.25) is 0 Å². The molecule has 2 aromatic rings. The van der Waals surface area contributed by atoms with Crippen molar-refractivity contribution in [2.45, 2.75) is 18.6 Å². The molecule has 0 spiro atoms. The predicted octanol–water partition coefficient (Wildman–Crippen LogP) is 0.0926. The Kier molecular flexibility index (Phi) is 2.66. The number of hydrogen-bond donors (Lipinski definition) is 4. The zero-order valence-corrected chi connectivity index (χ0v) is 9.35. The average molecular weight is 233 g/mol. The Balaban J connectivity index is 1.86. The predicted molar refractivity (Wildman–Crippen MR) is 64.8 cm³/mol. The van der Waals surface area contributed by atoms with E-state index >= 15 is 0 Å². The van der Waals surface area contributed by atoms with Crippen LogP contribution in [0, 0.1) is 0 Å². The Morgan fingerprint density at radius 3 is 3.24 bits per heavy atom. The second kappa shape index (κ2) is 4.31. The summed E-state index contributed by atoms with van der Waals surface area (Å²) in [5.74, 6) is 0.780. The van der Waals surface area contributed by atoms with Gasteiger partial charge in [0, 0.05) is 12.7 Å². The van der Waals surface area contributed by atoms with Gasteiger partial charge in [-0.05, 0) is 19.0 Å². The number of β-amino-alcohol motifs (C(OH)–C–C–N with tert-alkyl or cyclic N) is 1. The minimum Gasteiger partial charge on any atom is -0.390 e. The number of aromatic amines is 1. The minimum atomic E-state index is -0.382. The van der Waals surface area contributed by atoms with E-state index in [-0.39, 0.29) is 12.1 Å². The van der Waals surface area contributed by atoms with Crippen LogP contribution in [0.1, 0.15) is 6.42 Å². The number of nitrogens with one attached hydrogen (secondary N) is 3. The Morgan fingerprint density at radius 1 is 1.41 bits per heavy atom. The van der Waals surface area contributed by atoms with Gasteiger partial charge < -0.3 is 20.7 Å². The molecule has 0 aliphatic carbocycles. The first kappa shape index (κ1) is 10.5. The number of aromatic nitrogens is 3. The van der Waals surface area contributed by atoms with Crippen LogP contribution >= 0.6 is 0 Å². The molecule has 0 bridgehead atoms. The molecule has 2 unspecified atom stereocenters. The van der Waals surface area contributed by atoms with Crippen LogP contribution in [0.2, 0.25) is 0 Å². The van der Waals surface area contributed by atoms with E-state index in [1.54, 1.807) is 0 Å². The van der Waals surface area contributed by atoms with Crippen LogP contribution < -0.4 is 10.6 Å². The maximum atomic E-state index is 9.88. The second-order valence-corrected chi connectivity index (χ2v) is 4.27. The van der Waals surface area contributed by atoms with Crippen molar-refractivity contribution in [1.82, 2.24) is 20.3 Å². The standard InChI is InChI=1S/C11H15N5O/c17-9-5-12-3-2-8(9)16-11-7-1-4-13-10(7)14-6-15-11/h1,4,6,8-9,12,17H,2-3,5H2,(H2,13,14,15,16). The SMILES string of the molecule is OC1CNCCC1Nc1ncnc2[nH]ccc12. The summed E-state index contributed by atoms with van der Waals surface area (Å²) in [6.45, 7) is 1.54. The van der Waals surface area contributed by atoms with Crippen molar-refractivity contribution in [2.75, 3.05) is 18.4 Å². The van der Waals surface area contributed by atoms with Crippen molar-refractivity contribution < 1.29 is 5.11 Å². The summed E-state index contributed by atoms with van der Waals surface area (Å²) >= 11 is 0. The van der Waals surface area contributed by atoms with E-state index < -0.39 is 0 Å². The molecule has 1 aliphatic heterocycles. The number of aliphatic hydroxyl groups excluding tert-OH is 1. The van der Waals surface area contributed by atoms with Crippen molar-refractivity contribution in [3.63, 3.8) is 0 Å². The lowest BCUT2D eigenvalue weighted by molar-refractivity contribution is 0.128. The summed E-state index contributed by atoms with van der Waals surface area (Å²) < 4.78 is 0. The topological polar surface area (TPSA) is 85.9 Å². The van der Waals surface area contributed by atoms with Crippen LogP contribution in [0.25, 0.3) is 11.0 Å². The van der Waals surface area contributed by atoms with E-state index in [1.807, 2.05) is 12.3 Å². The number of rotatable bonds is 2. The van der Waals surface area contributed by atoms with E-state index in [1.165, 1.54) is 6.33 Å². The molecule has 1 aliphatic rings. The Bertz CT molecular complexity index is 511. The third-order valence-electron chi connectivity index (χ3n) is 3.13. The lowest BCUT2D eigenvalue weighted by atomic mass is 10.0. The second-order valence-electron chi connectivity index (χ2n) is 4.27. The van der Waals surface area contributed by atoms with Gasteiger partial charge in [0.15, 0.2) is 0 Å². The fourth-order valence-corrected chi connectivity index (χ4v) is 2.17. The van der Waals surface area contributed by atoms with E-state index in [0.717, 1.165) is 29.8 Å². The molecule has 3 rings (SSSR count). The van der Waals surface area contributed by atoms with Gasteiger partial charge in [0.1, 0.15) is 17.8 Å². The van der Waals surface area contributed by atoms with Crippen molar-refractivity contribution in [3.8, 4) is 0 Å². The Morgan fingerprint density at radius 2 is 2.35 bits per heavy atom. The number of aliphatic hydroxyl groups is 1. The van der Waals surface area contributed by atoms with Crippen molar-refractivity contribution >= 4 is 16.9 Å². The summed E-state index contributed by atoms with van der Waals surface area (Å²) in [5, 5.41) is 17.3. The largest absolute Gasteiger partial charge is 0.390 e. The molecule has 2 atom stereocenters. The smallest absolute Gasteiger partial charge is 0.142 e. The fraction of sp³-hybridized carbons (Fsp3) is 0.455. The summed E-state index contributed by atoms with van der Waals surface area (Å²) in [6, 6.07) is 1.98. The molecule has 90 valence electrons. The van der Waals surface area contributed by atoms with Gasteiger partial charge in [0.05, 0.1) is 17.5 Å². The number of piperidine rings is 1. The van der Waals surface area contributed by atoms with Crippen LogP contribution in [0.3, 0.4) is 0 Å². The number of hydrogen-bond acceptors (Lipinski definition) is 5. The first-order valence-electron chi connectivity index (χ1n) is 5.78. The van der Waals surface area contributed by atoms with Crippen LogP contribution in [-0.2, 0) is 0 Å². The van der Waals surface area contributed by atoms with E-state index in [4.69, 9.17) is 0 Å². The molecule has 0 radical (unpaired) electrons. The monoisotopic (exact) mass is 233 g/mol. The van der Waals surface area contributed by atoms with E-state index in [9.17, 15) is 5.11 Å². The highest BCUT2D eigenvalue weighted by molar-refractivity contribution is 5.86. The van der Waals surface area contributed by atoms with Crippen molar-refractivity contribution in [2.24, 2.45) is 0 Å². The van der Waals surface area contributed by atoms with Gasteiger partial charge in [0.2, 0.25) is 0 Å². The summed E-state index contributed by atoms with van der Waals surface area (Å²) in [5.41, 5.74) is 0.811. The molecule has 1 fully saturated rings. The number of nitrogens with zero attached hydrogens (tertiary/aromatic N) is 2. The first-order valence-corrected chi connectivity index (χ1v) is 5.78. The molecule has 0 saturated carbocycles. The highest BCUT2D eigenvalue weighted by atomic mass is 16.3. The highest BCUT2D eigenvalue weighted by Crippen LogP contribution is 2.20. The third-order valence-corrected chi connectivity index (χ3v) is 3.13. The third kappa shape index (κ3) is 1.96. The van der Waals surface area contributed by atoms with Gasteiger partial charge in [-0.15, -0.1) is 0 Å².